The number of fused-ring (bicyclic) bond motifs is 1. The van der Waals surface area contributed by atoms with E-state index in [9.17, 15) is 0 Å². The molecular weight excluding hydrogens is 232 g/mol. The predicted molar refractivity (Wildman–Crippen MR) is 74.8 cm³/mol. The smallest absolute Gasteiger partial charge is 0.227 e. The molecule has 17 heavy (non-hydrogen) atoms. The molecule has 0 amide bonds. The highest BCUT2D eigenvalue weighted by molar-refractivity contribution is 7.98. The van der Waals surface area contributed by atoms with E-state index in [1.807, 2.05) is 11.8 Å². The third kappa shape index (κ3) is 2.49. The van der Waals surface area contributed by atoms with E-state index in [2.05, 4.69) is 36.0 Å². The third-order valence-corrected chi connectivity index (χ3v) is 3.93. The van der Waals surface area contributed by atoms with Crippen LogP contribution in [-0.4, -0.2) is 29.6 Å². The zero-order valence-electron chi connectivity index (χ0n) is 10.8. The van der Waals surface area contributed by atoms with Crippen LogP contribution in [0.3, 0.4) is 0 Å². The van der Waals surface area contributed by atoms with Crippen LogP contribution in [0.2, 0.25) is 0 Å². The van der Waals surface area contributed by atoms with Crippen LogP contribution in [0.25, 0.3) is 0 Å². The maximum atomic E-state index is 4.69. The van der Waals surface area contributed by atoms with Gasteiger partial charge in [0.15, 0.2) is 0 Å². The predicted octanol–water partition coefficient (Wildman–Crippen LogP) is 2.50. The van der Waals surface area contributed by atoms with Crippen LogP contribution in [-0.2, 0) is 11.5 Å². The zero-order chi connectivity index (χ0) is 12.3. The van der Waals surface area contributed by atoms with Crippen molar-refractivity contribution in [3.05, 3.63) is 11.3 Å². The lowest BCUT2D eigenvalue weighted by Gasteiger charge is -2.20. The fraction of sp³-hybridized carbons (Fsp3) is 0.667. The molecule has 0 spiro atoms. The SMILES string of the molecule is CCNc1nc(N(CC)CC)nc2c1CSC2. The van der Waals surface area contributed by atoms with E-state index in [0.29, 0.717) is 0 Å². The molecular formula is C12H20N4S. The first-order valence-electron chi connectivity index (χ1n) is 6.26. The van der Waals surface area contributed by atoms with Gasteiger partial charge in [0.25, 0.3) is 0 Å². The average Bonchev–Trinajstić information content (AvgIpc) is 2.79. The maximum absolute atomic E-state index is 4.69. The van der Waals surface area contributed by atoms with E-state index < -0.39 is 0 Å². The minimum atomic E-state index is 0.868. The molecule has 1 aromatic rings. The highest BCUT2D eigenvalue weighted by Gasteiger charge is 2.20. The number of rotatable bonds is 5. The lowest BCUT2D eigenvalue weighted by molar-refractivity contribution is 0.813. The van der Waals surface area contributed by atoms with Crippen molar-refractivity contribution in [3.63, 3.8) is 0 Å². The Balaban J connectivity index is 2.38. The summed E-state index contributed by atoms with van der Waals surface area (Å²) in [7, 11) is 0. The highest BCUT2D eigenvalue weighted by atomic mass is 32.2. The highest BCUT2D eigenvalue weighted by Crippen LogP contribution is 2.34. The van der Waals surface area contributed by atoms with Gasteiger partial charge in [-0.15, -0.1) is 0 Å². The number of nitrogens with one attached hydrogen (secondary N) is 1. The van der Waals surface area contributed by atoms with Gasteiger partial charge >= 0.3 is 0 Å². The molecule has 94 valence electrons. The molecule has 1 aliphatic rings. The molecule has 0 fully saturated rings. The molecule has 1 N–H and O–H groups in total. The fourth-order valence-corrected chi connectivity index (χ4v) is 3.04. The Morgan fingerprint density at radius 2 is 1.94 bits per heavy atom. The Kier molecular flexibility index (Phi) is 4.10. The Morgan fingerprint density at radius 3 is 2.59 bits per heavy atom. The first-order valence-corrected chi connectivity index (χ1v) is 7.41. The van der Waals surface area contributed by atoms with Gasteiger partial charge in [-0.3, -0.25) is 0 Å². The van der Waals surface area contributed by atoms with E-state index in [1.165, 1.54) is 11.3 Å². The van der Waals surface area contributed by atoms with Gasteiger partial charge in [-0.25, -0.2) is 4.98 Å². The van der Waals surface area contributed by atoms with E-state index in [-0.39, 0.29) is 0 Å². The van der Waals surface area contributed by atoms with E-state index in [1.54, 1.807) is 0 Å². The average molecular weight is 252 g/mol. The Morgan fingerprint density at radius 1 is 1.18 bits per heavy atom. The number of anilines is 2. The van der Waals surface area contributed by atoms with E-state index in [0.717, 1.165) is 42.9 Å². The van der Waals surface area contributed by atoms with Crippen molar-refractivity contribution in [2.24, 2.45) is 0 Å². The summed E-state index contributed by atoms with van der Waals surface area (Å²) in [4.78, 5) is 11.6. The molecule has 2 heterocycles. The van der Waals surface area contributed by atoms with Crippen molar-refractivity contribution in [2.75, 3.05) is 29.9 Å². The molecule has 0 radical (unpaired) electrons. The van der Waals surface area contributed by atoms with Crippen LogP contribution in [0.4, 0.5) is 11.8 Å². The second kappa shape index (κ2) is 5.58. The van der Waals surface area contributed by atoms with Gasteiger partial charge in [-0.1, -0.05) is 0 Å². The van der Waals surface area contributed by atoms with Crippen molar-refractivity contribution >= 4 is 23.5 Å². The minimum Gasteiger partial charge on any atom is -0.370 e. The van der Waals surface area contributed by atoms with Crippen molar-refractivity contribution in [2.45, 2.75) is 32.3 Å². The molecule has 5 heteroatoms. The first kappa shape index (κ1) is 12.5. The molecule has 0 saturated carbocycles. The van der Waals surface area contributed by atoms with Crippen LogP contribution in [0.5, 0.6) is 0 Å². The second-order valence-corrected chi connectivity index (χ2v) is 4.98. The van der Waals surface area contributed by atoms with E-state index in [4.69, 9.17) is 4.98 Å². The summed E-state index contributed by atoms with van der Waals surface area (Å²) < 4.78 is 0. The lowest BCUT2D eigenvalue weighted by Crippen LogP contribution is -2.25. The Bertz CT molecular complexity index is 390. The molecule has 0 saturated heterocycles. The summed E-state index contributed by atoms with van der Waals surface area (Å²) >= 11 is 1.92. The topological polar surface area (TPSA) is 41.1 Å². The van der Waals surface area contributed by atoms with Gasteiger partial charge in [0, 0.05) is 36.7 Å². The van der Waals surface area contributed by atoms with Crippen LogP contribution >= 0.6 is 11.8 Å². The second-order valence-electron chi connectivity index (χ2n) is 3.99. The molecule has 1 aliphatic heterocycles. The van der Waals surface area contributed by atoms with Crippen LogP contribution in [0, 0.1) is 0 Å². The van der Waals surface area contributed by atoms with Gasteiger partial charge in [-0.2, -0.15) is 16.7 Å². The molecule has 0 aromatic carbocycles. The molecule has 0 bridgehead atoms. The first-order chi connectivity index (χ1) is 8.30. The summed E-state index contributed by atoms with van der Waals surface area (Å²) in [5.41, 5.74) is 2.51. The molecule has 0 aliphatic carbocycles. The van der Waals surface area contributed by atoms with Crippen LogP contribution in [0.1, 0.15) is 32.0 Å². The number of nitrogens with zero attached hydrogens (tertiary/aromatic N) is 3. The largest absolute Gasteiger partial charge is 0.370 e. The van der Waals surface area contributed by atoms with Crippen molar-refractivity contribution in [3.8, 4) is 0 Å². The number of hydrogen-bond donors (Lipinski definition) is 1. The number of aromatic nitrogens is 2. The van der Waals surface area contributed by atoms with Crippen molar-refractivity contribution in [1.29, 1.82) is 0 Å². The molecule has 2 rings (SSSR count). The summed E-state index contributed by atoms with van der Waals surface area (Å²) in [6.07, 6.45) is 0. The van der Waals surface area contributed by atoms with Crippen LogP contribution in [0.15, 0.2) is 0 Å². The van der Waals surface area contributed by atoms with Crippen LogP contribution < -0.4 is 10.2 Å². The Labute approximate surface area is 107 Å². The molecule has 4 nitrogen and oxygen atoms in total. The minimum absolute atomic E-state index is 0.868. The molecule has 0 unspecified atom stereocenters. The van der Waals surface area contributed by atoms with E-state index >= 15 is 0 Å². The van der Waals surface area contributed by atoms with Crippen molar-refractivity contribution in [1.82, 2.24) is 9.97 Å². The monoisotopic (exact) mass is 252 g/mol. The summed E-state index contributed by atoms with van der Waals surface area (Å²) in [6, 6.07) is 0. The summed E-state index contributed by atoms with van der Waals surface area (Å²) in [6.45, 7) is 9.20. The fourth-order valence-electron chi connectivity index (χ4n) is 2.00. The molecule has 0 atom stereocenters. The lowest BCUT2D eigenvalue weighted by atomic mass is 10.2. The van der Waals surface area contributed by atoms with Crippen molar-refractivity contribution < 1.29 is 0 Å². The standard InChI is InChI=1S/C12H20N4S/c1-4-13-11-9-7-17-8-10(9)14-12(15-11)16(5-2)6-3/h4-8H2,1-3H3,(H,13,14,15). The normalized spacial score (nSPS) is 13.6. The third-order valence-electron chi connectivity index (χ3n) is 2.96. The Hall–Kier alpha value is -0.970. The van der Waals surface area contributed by atoms with Gasteiger partial charge in [0.2, 0.25) is 5.95 Å². The number of thioether (sulfide) groups is 1. The molecule has 1 aromatic heterocycles. The summed E-state index contributed by atoms with van der Waals surface area (Å²) in [5.74, 6) is 3.96. The van der Waals surface area contributed by atoms with Gasteiger partial charge in [0.05, 0.1) is 5.69 Å². The maximum Gasteiger partial charge on any atom is 0.227 e. The quantitative estimate of drug-likeness (QED) is 0.872. The van der Waals surface area contributed by atoms with Gasteiger partial charge < -0.3 is 10.2 Å². The van der Waals surface area contributed by atoms with Gasteiger partial charge in [0.1, 0.15) is 5.82 Å². The van der Waals surface area contributed by atoms with Gasteiger partial charge in [-0.05, 0) is 20.8 Å². The number of hydrogen-bond acceptors (Lipinski definition) is 5. The zero-order valence-corrected chi connectivity index (χ0v) is 11.6. The summed E-state index contributed by atoms with van der Waals surface area (Å²) in [5, 5.41) is 3.36.